The fourth-order valence-corrected chi connectivity index (χ4v) is 4.03. The van der Waals surface area contributed by atoms with Gasteiger partial charge in [0.15, 0.2) is 0 Å². The van der Waals surface area contributed by atoms with Gasteiger partial charge in [0, 0.05) is 42.8 Å². The zero-order valence-electron chi connectivity index (χ0n) is 15.5. The van der Waals surface area contributed by atoms with Crippen LogP contribution in [-0.2, 0) is 13.0 Å². The van der Waals surface area contributed by atoms with Gasteiger partial charge in [-0.05, 0) is 56.1 Å². The zero-order valence-corrected chi connectivity index (χ0v) is 15.5. The van der Waals surface area contributed by atoms with Crippen LogP contribution in [0.4, 0.5) is 0 Å². The predicted octanol–water partition coefficient (Wildman–Crippen LogP) is 3.70. The summed E-state index contributed by atoms with van der Waals surface area (Å²) in [6, 6.07) is 15.0. The van der Waals surface area contributed by atoms with E-state index in [-0.39, 0.29) is 0 Å². The summed E-state index contributed by atoms with van der Waals surface area (Å²) in [7, 11) is 2.22. The van der Waals surface area contributed by atoms with Crippen LogP contribution in [0, 0.1) is 0 Å². The molecule has 0 aliphatic carbocycles. The van der Waals surface area contributed by atoms with Gasteiger partial charge in [-0.1, -0.05) is 30.3 Å². The summed E-state index contributed by atoms with van der Waals surface area (Å²) >= 11 is 0. The lowest BCUT2D eigenvalue weighted by atomic mass is 9.93. The van der Waals surface area contributed by atoms with Crippen molar-refractivity contribution in [3.63, 3.8) is 0 Å². The van der Waals surface area contributed by atoms with Crippen LogP contribution >= 0.6 is 0 Å². The molecule has 0 spiro atoms. The van der Waals surface area contributed by atoms with Gasteiger partial charge in [-0.15, -0.1) is 0 Å². The third-order valence-electron chi connectivity index (χ3n) is 5.47. The summed E-state index contributed by atoms with van der Waals surface area (Å²) in [5, 5.41) is 4.83. The lowest BCUT2D eigenvalue weighted by Crippen LogP contribution is -2.29. The molecule has 2 aromatic heterocycles. The van der Waals surface area contributed by atoms with E-state index >= 15 is 0 Å². The number of hydrogen-bond acceptors (Lipinski definition) is 3. The largest absolute Gasteiger partial charge is 0.343 e. The van der Waals surface area contributed by atoms with Gasteiger partial charge in [-0.25, -0.2) is 4.98 Å². The zero-order chi connectivity index (χ0) is 17.8. The molecule has 3 heterocycles. The van der Waals surface area contributed by atoms with Crippen LogP contribution in [0.3, 0.4) is 0 Å². The van der Waals surface area contributed by atoms with Gasteiger partial charge in [0.25, 0.3) is 0 Å². The number of H-pyrrole nitrogens is 1. The van der Waals surface area contributed by atoms with Crippen molar-refractivity contribution >= 4 is 11.0 Å². The minimum Gasteiger partial charge on any atom is -0.343 e. The Hall–Kier alpha value is -2.17. The number of nitrogens with zero attached hydrogens (tertiary/aromatic N) is 2. The van der Waals surface area contributed by atoms with Gasteiger partial charge in [0.2, 0.25) is 0 Å². The van der Waals surface area contributed by atoms with Gasteiger partial charge in [-0.3, -0.25) is 0 Å². The van der Waals surface area contributed by atoms with E-state index in [9.17, 15) is 0 Å². The summed E-state index contributed by atoms with van der Waals surface area (Å²) < 4.78 is 0. The summed E-state index contributed by atoms with van der Waals surface area (Å²) in [6.45, 7) is 4.22. The Balaban J connectivity index is 1.54. The van der Waals surface area contributed by atoms with Crippen LogP contribution in [-0.4, -0.2) is 41.5 Å². The number of fused-ring (bicyclic) bond motifs is 1. The van der Waals surface area contributed by atoms with Gasteiger partial charge < -0.3 is 15.2 Å². The number of likely N-dealkylation sites (N-methyl/N-ethyl adjacent to an activating group) is 1. The van der Waals surface area contributed by atoms with Gasteiger partial charge in [0.1, 0.15) is 5.65 Å². The first-order chi connectivity index (χ1) is 12.8. The molecule has 4 heteroatoms. The molecule has 26 heavy (non-hydrogen) atoms. The number of benzene rings is 1. The molecule has 1 fully saturated rings. The van der Waals surface area contributed by atoms with Crippen molar-refractivity contribution < 1.29 is 0 Å². The second-order valence-electron chi connectivity index (χ2n) is 7.43. The summed E-state index contributed by atoms with van der Waals surface area (Å²) in [6.07, 6.45) is 5.46. The van der Waals surface area contributed by atoms with E-state index in [0.717, 1.165) is 38.2 Å². The molecular weight excluding hydrogens is 320 g/mol. The SMILES string of the molecule is CN(CCc1ccccc1)Cc1c(C2CCCNC2)[nH]c2ncccc12. The Kier molecular flexibility index (Phi) is 5.32. The molecule has 0 saturated carbocycles. The second-order valence-corrected chi connectivity index (χ2v) is 7.43. The van der Waals surface area contributed by atoms with E-state index in [2.05, 4.69) is 63.6 Å². The standard InChI is InChI=1S/C22H28N4/c1-26(14-11-17-7-3-2-4-8-17)16-20-19-10-6-13-24-22(19)25-21(20)18-9-5-12-23-15-18/h2-4,6-8,10,13,18,23H,5,9,11-12,14-16H2,1H3,(H,24,25). The minimum atomic E-state index is 0.565. The molecule has 1 aromatic carbocycles. The average Bonchev–Trinajstić information content (AvgIpc) is 3.06. The summed E-state index contributed by atoms with van der Waals surface area (Å²) in [4.78, 5) is 10.6. The van der Waals surface area contributed by atoms with Gasteiger partial charge in [0.05, 0.1) is 0 Å². The monoisotopic (exact) mass is 348 g/mol. The molecule has 0 amide bonds. The van der Waals surface area contributed by atoms with Crippen molar-refractivity contribution in [2.75, 3.05) is 26.7 Å². The first-order valence-electron chi connectivity index (χ1n) is 9.70. The average molecular weight is 348 g/mol. The fourth-order valence-electron chi connectivity index (χ4n) is 4.03. The Morgan fingerprint density at radius 1 is 1.15 bits per heavy atom. The molecule has 0 bridgehead atoms. The van der Waals surface area contributed by atoms with Crippen LogP contribution in [0.25, 0.3) is 11.0 Å². The molecule has 1 saturated heterocycles. The Labute approximate surface area is 155 Å². The van der Waals surface area contributed by atoms with Crippen LogP contribution in [0.5, 0.6) is 0 Å². The summed E-state index contributed by atoms with van der Waals surface area (Å²) in [5.41, 5.74) is 5.24. The van der Waals surface area contributed by atoms with Gasteiger partial charge >= 0.3 is 0 Å². The number of rotatable bonds is 6. The number of aromatic nitrogens is 2. The van der Waals surface area contributed by atoms with Crippen molar-refractivity contribution in [2.24, 2.45) is 0 Å². The number of aromatic amines is 1. The molecule has 3 aromatic rings. The third-order valence-corrected chi connectivity index (χ3v) is 5.47. The third kappa shape index (κ3) is 3.81. The van der Waals surface area contributed by atoms with E-state index in [0.29, 0.717) is 5.92 Å². The van der Waals surface area contributed by atoms with Crippen molar-refractivity contribution in [1.82, 2.24) is 20.2 Å². The van der Waals surface area contributed by atoms with Crippen LogP contribution in [0.1, 0.15) is 35.6 Å². The number of hydrogen-bond donors (Lipinski definition) is 2. The highest BCUT2D eigenvalue weighted by molar-refractivity contribution is 5.81. The first kappa shape index (κ1) is 17.3. The minimum absolute atomic E-state index is 0.565. The molecule has 1 atom stereocenters. The molecule has 2 N–H and O–H groups in total. The molecule has 1 aliphatic heterocycles. The van der Waals surface area contributed by atoms with Crippen LogP contribution in [0.15, 0.2) is 48.7 Å². The van der Waals surface area contributed by atoms with E-state index in [1.807, 2.05) is 12.3 Å². The molecule has 4 nitrogen and oxygen atoms in total. The smallest absolute Gasteiger partial charge is 0.137 e. The maximum atomic E-state index is 4.56. The normalized spacial score (nSPS) is 17.8. The van der Waals surface area contributed by atoms with Crippen molar-refractivity contribution in [2.45, 2.75) is 31.7 Å². The van der Waals surface area contributed by atoms with Crippen LogP contribution < -0.4 is 5.32 Å². The van der Waals surface area contributed by atoms with Crippen molar-refractivity contribution in [3.05, 3.63) is 65.5 Å². The lowest BCUT2D eigenvalue weighted by Gasteiger charge is -2.24. The van der Waals surface area contributed by atoms with E-state index in [1.54, 1.807) is 0 Å². The van der Waals surface area contributed by atoms with E-state index < -0.39 is 0 Å². The maximum absolute atomic E-state index is 4.56. The fraction of sp³-hybridized carbons (Fsp3) is 0.409. The lowest BCUT2D eigenvalue weighted by molar-refractivity contribution is 0.329. The highest BCUT2D eigenvalue weighted by atomic mass is 15.1. The predicted molar refractivity (Wildman–Crippen MR) is 107 cm³/mol. The Morgan fingerprint density at radius 3 is 2.85 bits per heavy atom. The highest BCUT2D eigenvalue weighted by Gasteiger charge is 2.23. The maximum Gasteiger partial charge on any atom is 0.137 e. The molecule has 1 unspecified atom stereocenters. The number of pyridine rings is 1. The summed E-state index contributed by atoms with van der Waals surface area (Å²) in [5.74, 6) is 0.565. The van der Waals surface area contributed by atoms with E-state index in [1.165, 1.54) is 35.0 Å². The highest BCUT2D eigenvalue weighted by Crippen LogP contribution is 2.31. The second kappa shape index (κ2) is 8.02. The van der Waals surface area contributed by atoms with Crippen LogP contribution in [0.2, 0.25) is 0 Å². The Morgan fingerprint density at radius 2 is 2.04 bits per heavy atom. The van der Waals surface area contributed by atoms with Crippen molar-refractivity contribution in [3.8, 4) is 0 Å². The molecule has 136 valence electrons. The number of piperidine rings is 1. The number of nitrogens with one attached hydrogen (secondary N) is 2. The molecule has 1 aliphatic rings. The molecule has 4 rings (SSSR count). The Bertz CT molecular complexity index is 834. The van der Waals surface area contributed by atoms with Crippen molar-refractivity contribution in [1.29, 1.82) is 0 Å². The molecule has 0 radical (unpaired) electrons. The molecular formula is C22H28N4. The quantitative estimate of drug-likeness (QED) is 0.714. The topological polar surface area (TPSA) is 44.0 Å². The van der Waals surface area contributed by atoms with E-state index in [4.69, 9.17) is 0 Å². The first-order valence-corrected chi connectivity index (χ1v) is 9.70. The van der Waals surface area contributed by atoms with Gasteiger partial charge in [-0.2, -0.15) is 0 Å².